The zero-order chi connectivity index (χ0) is 18.5. The Morgan fingerprint density at radius 3 is 2.85 bits per heavy atom. The highest BCUT2D eigenvalue weighted by Crippen LogP contribution is 2.12. The molecule has 7 heteroatoms. The molecule has 1 aromatic carbocycles. The van der Waals surface area contributed by atoms with Gasteiger partial charge in [0.15, 0.2) is 0 Å². The maximum Gasteiger partial charge on any atom is 0.255 e. The number of aryl methyl sites for hydroxylation is 2. The maximum absolute atomic E-state index is 12.5. The third-order valence-electron chi connectivity index (χ3n) is 3.94. The van der Waals surface area contributed by atoms with Crippen molar-refractivity contribution in [2.75, 3.05) is 11.9 Å². The van der Waals surface area contributed by atoms with Gasteiger partial charge in [0.25, 0.3) is 5.91 Å². The van der Waals surface area contributed by atoms with Gasteiger partial charge in [0.2, 0.25) is 0 Å². The fourth-order valence-electron chi connectivity index (χ4n) is 2.71. The number of benzene rings is 1. The summed E-state index contributed by atoms with van der Waals surface area (Å²) < 4.78 is 8.86. The Labute approximate surface area is 152 Å². The summed E-state index contributed by atoms with van der Waals surface area (Å²) in [6, 6.07) is 9.60. The number of nitrogens with one attached hydrogen (secondary N) is 1. The lowest BCUT2D eigenvalue weighted by atomic mass is 10.1. The van der Waals surface area contributed by atoms with Crippen LogP contribution in [-0.2, 0) is 18.0 Å². The largest absolute Gasteiger partial charge is 0.360 e. The highest BCUT2D eigenvalue weighted by molar-refractivity contribution is 6.04. The molecule has 0 unspecified atom stereocenters. The molecule has 0 bridgehead atoms. The monoisotopic (exact) mass is 353 g/mol. The topological polar surface area (TPSA) is 74.0 Å². The van der Waals surface area contributed by atoms with Gasteiger partial charge in [-0.1, -0.05) is 12.1 Å². The molecule has 0 saturated heterocycles. The molecule has 0 aliphatic rings. The van der Waals surface area contributed by atoms with Crippen LogP contribution in [0.4, 0.5) is 5.69 Å². The first-order valence-electron chi connectivity index (χ1n) is 8.56. The predicted molar refractivity (Wildman–Crippen MR) is 99.1 cm³/mol. The van der Waals surface area contributed by atoms with Gasteiger partial charge >= 0.3 is 0 Å². The van der Waals surface area contributed by atoms with E-state index in [9.17, 15) is 4.79 Å². The number of anilines is 1. The van der Waals surface area contributed by atoms with E-state index >= 15 is 0 Å². The van der Waals surface area contributed by atoms with E-state index in [1.54, 1.807) is 23.1 Å². The number of carbonyl (C=O) groups is 1. The second-order valence-electron chi connectivity index (χ2n) is 6.13. The molecular weight excluding hydrogens is 330 g/mol. The van der Waals surface area contributed by atoms with Crippen LogP contribution in [0.3, 0.4) is 0 Å². The molecule has 0 saturated carbocycles. The minimum atomic E-state index is -0.170. The van der Waals surface area contributed by atoms with E-state index in [1.807, 2.05) is 49.7 Å². The van der Waals surface area contributed by atoms with E-state index in [0.29, 0.717) is 31.1 Å². The zero-order valence-corrected chi connectivity index (χ0v) is 15.3. The zero-order valence-electron chi connectivity index (χ0n) is 15.3. The Morgan fingerprint density at radius 2 is 2.12 bits per heavy atom. The number of rotatable bonds is 7. The first-order chi connectivity index (χ1) is 12.5. The van der Waals surface area contributed by atoms with Crippen LogP contribution in [0.5, 0.6) is 0 Å². The number of nitrogens with zero attached hydrogens (tertiary/aromatic N) is 4. The Morgan fingerprint density at radius 1 is 1.27 bits per heavy atom. The summed E-state index contributed by atoms with van der Waals surface area (Å²) in [6.45, 7) is 7.53. The fourth-order valence-corrected chi connectivity index (χ4v) is 2.71. The van der Waals surface area contributed by atoms with Gasteiger partial charge in [-0.2, -0.15) is 10.2 Å². The van der Waals surface area contributed by atoms with Crippen LogP contribution in [0.25, 0.3) is 0 Å². The lowest BCUT2D eigenvalue weighted by Crippen LogP contribution is -2.12. The molecule has 0 aliphatic heterocycles. The molecule has 136 valence electrons. The van der Waals surface area contributed by atoms with Crippen molar-refractivity contribution in [3.05, 3.63) is 65.2 Å². The second kappa shape index (κ2) is 7.97. The van der Waals surface area contributed by atoms with E-state index in [1.165, 1.54) is 0 Å². The van der Waals surface area contributed by atoms with Crippen molar-refractivity contribution in [1.29, 1.82) is 0 Å². The highest BCUT2D eigenvalue weighted by Gasteiger charge is 2.09. The van der Waals surface area contributed by atoms with Crippen molar-refractivity contribution in [1.82, 2.24) is 19.6 Å². The van der Waals surface area contributed by atoms with Crippen molar-refractivity contribution in [3.63, 3.8) is 0 Å². The number of aromatic nitrogens is 4. The lowest BCUT2D eigenvalue weighted by molar-refractivity contribution is 0.0792. The van der Waals surface area contributed by atoms with Crippen LogP contribution in [0.15, 0.2) is 42.7 Å². The molecule has 26 heavy (non-hydrogen) atoms. The van der Waals surface area contributed by atoms with Crippen molar-refractivity contribution in [2.24, 2.45) is 0 Å². The maximum atomic E-state index is 12.5. The molecule has 2 aromatic heterocycles. The van der Waals surface area contributed by atoms with Gasteiger partial charge in [0.1, 0.15) is 6.73 Å². The molecule has 1 amide bonds. The summed E-state index contributed by atoms with van der Waals surface area (Å²) in [6.07, 6.45) is 3.35. The van der Waals surface area contributed by atoms with Gasteiger partial charge in [-0.25, -0.2) is 4.68 Å². The van der Waals surface area contributed by atoms with Gasteiger partial charge in [-0.3, -0.25) is 9.48 Å². The summed E-state index contributed by atoms with van der Waals surface area (Å²) in [5.74, 6) is -0.170. The number of hydrogen-bond acceptors (Lipinski definition) is 4. The number of ether oxygens (including phenoxy) is 1. The van der Waals surface area contributed by atoms with Crippen molar-refractivity contribution in [2.45, 2.75) is 34.0 Å². The van der Waals surface area contributed by atoms with Crippen LogP contribution < -0.4 is 5.32 Å². The number of carbonyl (C=O) groups excluding carboxylic acids is 1. The van der Waals surface area contributed by atoms with Crippen LogP contribution in [-0.4, -0.2) is 32.1 Å². The lowest BCUT2D eigenvalue weighted by Gasteiger charge is -2.07. The minimum absolute atomic E-state index is 0.170. The van der Waals surface area contributed by atoms with Crippen LogP contribution in [0.1, 0.15) is 34.2 Å². The van der Waals surface area contributed by atoms with E-state index in [4.69, 9.17) is 4.74 Å². The average Bonchev–Trinajstić information content (AvgIpc) is 3.19. The van der Waals surface area contributed by atoms with Crippen LogP contribution >= 0.6 is 0 Å². The fraction of sp³-hybridized carbons (Fsp3) is 0.316. The molecule has 3 rings (SSSR count). The Balaban J connectivity index is 1.68. The minimum Gasteiger partial charge on any atom is -0.360 e. The van der Waals surface area contributed by atoms with E-state index in [2.05, 4.69) is 15.5 Å². The van der Waals surface area contributed by atoms with Gasteiger partial charge in [-0.05, 0) is 44.5 Å². The van der Waals surface area contributed by atoms with Gasteiger partial charge in [0.05, 0.1) is 30.3 Å². The standard InChI is InChI=1S/C19H23N5O2/c1-4-26-13-23-12-18(10-20-23)21-19(25)17-7-5-6-16(9-17)11-24-15(3)8-14(2)22-24/h5-10,12H,4,11,13H2,1-3H3,(H,21,25). The van der Waals surface area contributed by atoms with Gasteiger partial charge in [0, 0.05) is 17.9 Å². The molecule has 1 N–H and O–H groups in total. The summed E-state index contributed by atoms with van der Waals surface area (Å²) >= 11 is 0. The first kappa shape index (κ1) is 17.9. The number of amides is 1. The normalized spacial score (nSPS) is 10.9. The molecule has 0 radical (unpaired) electrons. The molecule has 2 heterocycles. The van der Waals surface area contributed by atoms with Gasteiger partial charge < -0.3 is 10.1 Å². The van der Waals surface area contributed by atoms with Gasteiger partial charge in [-0.15, -0.1) is 0 Å². The quantitative estimate of drug-likeness (QED) is 0.709. The van der Waals surface area contributed by atoms with E-state index in [0.717, 1.165) is 17.0 Å². The molecule has 0 aliphatic carbocycles. The summed E-state index contributed by atoms with van der Waals surface area (Å²) in [5.41, 5.74) is 4.34. The van der Waals surface area contributed by atoms with Crippen LogP contribution in [0.2, 0.25) is 0 Å². The Hall–Kier alpha value is -2.93. The third-order valence-corrected chi connectivity index (χ3v) is 3.94. The number of hydrogen-bond donors (Lipinski definition) is 1. The highest BCUT2D eigenvalue weighted by atomic mass is 16.5. The Bertz CT molecular complexity index is 897. The first-order valence-corrected chi connectivity index (χ1v) is 8.56. The molecular formula is C19H23N5O2. The van der Waals surface area contributed by atoms with E-state index < -0.39 is 0 Å². The summed E-state index contributed by atoms with van der Waals surface area (Å²) in [4.78, 5) is 12.5. The molecule has 0 spiro atoms. The van der Waals surface area contributed by atoms with Crippen molar-refractivity contribution >= 4 is 11.6 Å². The average molecular weight is 353 g/mol. The molecule has 7 nitrogen and oxygen atoms in total. The molecule has 3 aromatic rings. The third kappa shape index (κ3) is 4.37. The van der Waals surface area contributed by atoms with Crippen molar-refractivity contribution in [3.8, 4) is 0 Å². The summed E-state index contributed by atoms with van der Waals surface area (Å²) in [5, 5.41) is 11.5. The smallest absolute Gasteiger partial charge is 0.255 e. The van der Waals surface area contributed by atoms with Crippen LogP contribution in [0, 0.1) is 13.8 Å². The molecule has 0 fully saturated rings. The SMILES string of the molecule is CCOCn1cc(NC(=O)c2cccc(Cn3nc(C)cc3C)c2)cn1. The Kier molecular flexibility index (Phi) is 5.48. The van der Waals surface area contributed by atoms with Crippen molar-refractivity contribution < 1.29 is 9.53 Å². The summed E-state index contributed by atoms with van der Waals surface area (Å²) in [7, 11) is 0. The predicted octanol–water partition coefficient (Wildman–Crippen LogP) is 2.99. The van der Waals surface area contributed by atoms with E-state index in [-0.39, 0.29) is 5.91 Å². The second-order valence-corrected chi connectivity index (χ2v) is 6.13. The molecule has 0 atom stereocenters.